The minimum Gasteiger partial charge on any atom is -0.356 e. The van der Waals surface area contributed by atoms with E-state index in [0.717, 1.165) is 6.42 Å². The topological polar surface area (TPSA) is 41.1 Å². The number of carbonyl (C=O) groups is 1. The third-order valence-corrected chi connectivity index (χ3v) is 3.64. The second-order valence-electron chi connectivity index (χ2n) is 5.43. The maximum atomic E-state index is 13.4. The molecule has 4 heteroatoms. The van der Waals surface area contributed by atoms with Crippen LogP contribution >= 0.6 is 0 Å². The van der Waals surface area contributed by atoms with Gasteiger partial charge in [0.25, 0.3) is 0 Å². The summed E-state index contributed by atoms with van der Waals surface area (Å²) in [6.45, 7) is 1.92. The number of rotatable bonds is 9. The van der Waals surface area contributed by atoms with Crippen molar-refractivity contribution in [2.24, 2.45) is 0 Å². The molecule has 2 N–H and O–H groups in total. The Morgan fingerprint density at radius 1 is 0.870 bits per heavy atom. The standard InChI is InChI=1S/C19H23FN2O/c20-18-9-5-4-8-17(18)11-13-21-14-12-19(23)22-15-10-16-6-2-1-3-7-16/h1-9,21H,10-15H2,(H,22,23). The summed E-state index contributed by atoms with van der Waals surface area (Å²) in [5.74, 6) is -0.132. The zero-order valence-electron chi connectivity index (χ0n) is 13.2. The van der Waals surface area contributed by atoms with Crippen LogP contribution in [0.2, 0.25) is 0 Å². The molecule has 122 valence electrons. The van der Waals surface area contributed by atoms with Crippen LogP contribution in [0, 0.1) is 5.82 Å². The van der Waals surface area contributed by atoms with Gasteiger partial charge in [-0.2, -0.15) is 0 Å². The van der Waals surface area contributed by atoms with E-state index in [4.69, 9.17) is 0 Å². The van der Waals surface area contributed by atoms with Crippen molar-refractivity contribution in [2.75, 3.05) is 19.6 Å². The van der Waals surface area contributed by atoms with E-state index in [0.29, 0.717) is 38.0 Å². The molecule has 0 fully saturated rings. The van der Waals surface area contributed by atoms with Crippen LogP contribution in [-0.4, -0.2) is 25.5 Å². The summed E-state index contributed by atoms with van der Waals surface area (Å²) in [6, 6.07) is 16.8. The predicted octanol–water partition coefficient (Wildman–Crippen LogP) is 2.71. The molecule has 2 aromatic rings. The minimum atomic E-state index is -0.173. The van der Waals surface area contributed by atoms with Crippen molar-refractivity contribution >= 4 is 5.91 Å². The molecule has 0 radical (unpaired) electrons. The highest BCUT2D eigenvalue weighted by atomic mass is 19.1. The van der Waals surface area contributed by atoms with Gasteiger partial charge in [0.2, 0.25) is 5.91 Å². The molecular formula is C19H23FN2O. The Morgan fingerprint density at radius 2 is 1.61 bits per heavy atom. The molecular weight excluding hydrogens is 291 g/mol. The summed E-state index contributed by atoms with van der Waals surface area (Å²) in [5.41, 5.74) is 1.92. The van der Waals surface area contributed by atoms with Crippen LogP contribution in [0.3, 0.4) is 0 Å². The summed E-state index contributed by atoms with van der Waals surface area (Å²) < 4.78 is 13.4. The molecule has 0 aliphatic heterocycles. The number of halogens is 1. The Morgan fingerprint density at radius 3 is 2.39 bits per heavy atom. The van der Waals surface area contributed by atoms with Gasteiger partial charge in [-0.3, -0.25) is 4.79 Å². The van der Waals surface area contributed by atoms with E-state index < -0.39 is 0 Å². The first kappa shape index (κ1) is 17.2. The SMILES string of the molecule is O=C(CCNCCc1ccccc1F)NCCc1ccccc1. The lowest BCUT2D eigenvalue weighted by atomic mass is 10.1. The lowest BCUT2D eigenvalue weighted by Crippen LogP contribution is -2.29. The van der Waals surface area contributed by atoms with Crippen LogP contribution in [0.1, 0.15) is 17.5 Å². The molecule has 0 heterocycles. The Bertz CT molecular complexity index is 601. The van der Waals surface area contributed by atoms with Crippen LogP contribution in [0.5, 0.6) is 0 Å². The van der Waals surface area contributed by atoms with Crippen molar-refractivity contribution in [1.82, 2.24) is 10.6 Å². The molecule has 0 atom stereocenters. The summed E-state index contributed by atoms with van der Waals surface area (Å²) in [4.78, 5) is 11.7. The highest BCUT2D eigenvalue weighted by molar-refractivity contribution is 5.76. The number of amides is 1. The normalized spacial score (nSPS) is 10.5. The van der Waals surface area contributed by atoms with Crippen molar-refractivity contribution < 1.29 is 9.18 Å². The maximum Gasteiger partial charge on any atom is 0.221 e. The summed E-state index contributed by atoms with van der Waals surface area (Å²) in [7, 11) is 0. The van der Waals surface area contributed by atoms with Gasteiger partial charge in [0.15, 0.2) is 0 Å². The quantitative estimate of drug-likeness (QED) is 0.699. The van der Waals surface area contributed by atoms with Crippen molar-refractivity contribution in [3.05, 3.63) is 71.5 Å². The zero-order valence-corrected chi connectivity index (χ0v) is 13.2. The molecule has 1 amide bonds. The second kappa shape index (κ2) is 9.74. The lowest BCUT2D eigenvalue weighted by Gasteiger charge is -2.07. The van der Waals surface area contributed by atoms with Crippen LogP contribution in [0.15, 0.2) is 54.6 Å². The molecule has 0 spiro atoms. The number of nitrogens with one attached hydrogen (secondary N) is 2. The van der Waals surface area contributed by atoms with Crippen LogP contribution < -0.4 is 10.6 Å². The van der Waals surface area contributed by atoms with Crippen molar-refractivity contribution in [3.8, 4) is 0 Å². The van der Waals surface area contributed by atoms with Gasteiger partial charge in [0.1, 0.15) is 5.82 Å². The van der Waals surface area contributed by atoms with Gasteiger partial charge in [-0.1, -0.05) is 48.5 Å². The third-order valence-electron chi connectivity index (χ3n) is 3.64. The zero-order chi connectivity index (χ0) is 16.3. The van der Waals surface area contributed by atoms with Gasteiger partial charge in [-0.15, -0.1) is 0 Å². The number of benzene rings is 2. The Kier molecular flexibility index (Phi) is 7.27. The predicted molar refractivity (Wildman–Crippen MR) is 90.7 cm³/mol. The van der Waals surface area contributed by atoms with Crippen molar-refractivity contribution in [1.29, 1.82) is 0 Å². The molecule has 0 saturated heterocycles. The first-order chi connectivity index (χ1) is 11.3. The molecule has 2 rings (SSSR count). The van der Waals surface area contributed by atoms with Gasteiger partial charge in [-0.25, -0.2) is 4.39 Å². The number of carbonyl (C=O) groups excluding carboxylic acids is 1. The highest BCUT2D eigenvalue weighted by Crippen LogP contribution is 2.06. The fourth-order valence-electron chi connectivity index (χ4n) is 2.33. The fraction of sp³-hybridized carbons (Fsp3) is 0.316. The molecule has 3 nitrogen and oxygen atoms in total. The Labute approximate surface area is 136 Å². The number of hydrogen-bond donors (Lipinski definition) is 2. The van der Waals surface area contributed by atoms with Crippen molar-refractivity contribution in [2.45, 2.75) is 19.3 Å². The average molecular weight is 314 g/mol. The van der Waals surface area contributed by atoms with Crippen LogP contribution in [-0.2, 0) is 17.6 Å². The van der Waals surface area contributed by atoms with E-state index in [2.05, 4.69) is 22.8 Å². The molecule has 2 aromatic carbocycles. The molecule has 23 heavy (non-hydrogen) atoms. The van der Waals surface area contributed by atoms with E-state index in [1.54, 1.807) is 12.1 Å². The van der Waals surface area contributed by atoms with E-state index in [-0.39, 0.29) is 11.7 Å². The van der Waals surface area contributed by atoms with Gasteiger partial charge in [-0.05, 0) is 36.6 Å². The smallest absolute Gasteiger partial charge is 0.221 e. The van der Waals surface area contributed by atoms with Crippen molar-refractivity contribution in [3.63, 3.8) is 0 Å². The monoisotopic (exact) mass is 314 g/mol. The average Bonchev–Trinajstić information content (AvgIpc) is 2.57. The summed E-state index contributed by atoms with van der Waals surface area (Å²) >= 11 is 0. The maximum absolute atomic E-state index is 13.4. The largest absolute Gasteiger partial charge is 0.356 e. The summed E-state index contributed by atoms with van der Waals surface area (Å²) in [6.07, 6.45) is 1.90. The lowest BCUT2D eigenvalue weighted by molar-refractivity contribution is -0.120. The molecule has 0 aliphatic rings. The number of hydrogen-bond acceptors (Lipinski definition) is 2. The fourth-order valence-corrected chi connectivity index (χ4v) is 2.33. The van der Waals surface area contributed by atoms with E-state index in [1.165, 1.54) is 11.6 Å². The van der Waals surface area contributed by atoms with E-state index in [9.17, 15) is 9.18 Å². The molecule has 0 bridgehead atoms. The van der Waals surface area contributed by atoms with Gasteiger partial charge >= 0.3 is 0 Å². The van der Waals surface area contributed by atoms with E-state index in [1.807, 2.05) is 24.3 Å². The first-order valence-electron chi connectivity index (χ1n) is 8.00. The molecule has 0 unspecified atom stereocenters. The first-order valence-corrected chi connectivity index (χ1v) is 8.00. The third kappa shape index (κ3) is 6.61. The van der Waals surface area contributed by atoms with Gasteiger partial charge in [0, 0.05) is 19.5 Å². The second-order valence-corrected chi connectivity index (χ2v) is 5.43. The van der Waals surface area contributed by atoms with Crippen LogP contribution in [0.25, 0.3) is 0 Å². The Hall–Kier alpha value is -2.20. The molecule has 0 aliphatic carbocycles. The van der Waals surface area contributed by atoms with Gasteiger partial charge in [0.05, 0.1) is 0 Å². The van der Waals surface area contributed by atoms with E-state index >= 15 is 0 Å². The molecule has 0 saturated carbocycles. The van der Waals surface area contributed by atoms with Gasteiger partial charge < -0.3 is 10.6 Å². The van der Waals surface area contributed by atoms with Crippen LogP contribution in [0.4, 0.5) is 4.39 Å². The highest BCUT2D eigenvalue weighted by Gasteiger charge is 2.02. The minimum absolute atomic E-state index is 0.0410. The Balaban J connectivity index is 1.52. The molecule has 0 aromatic heterocycles. The summed E-state index contributed by atoms with van der Waals surface area (Å²) in [5, 5.41) is 6.08.